The van der Waals surface area contributed by atoms with Crippen molar-refractivity contribution in [3.63, 3.8) is 0 Å². The number of rotatable bonds is 5. The Morgan fingerprint density at radius 3 is 2.41 bits per heavy atom. The van der Waals surface area contributed by atoms with Crippen molar-refractivity contribution in [3.8, 4) is 5.75 Å². The van der Waals surface area contributed by atoms with Crippen LogP contribution >= 0.6 is 0 Å². The van der Waals surface area contributed by atoms with E-state index in [2.05, 4.69) is 15.6 Å². The van der Waals surface area contributed by atoms with Gasteiger partial charge in [-0.05, 0) is 38.1 Å². The SMILES string of the molecule is COc1ccc(NC(=O)C(C)n2nnc(C(C)=O)c2C)cc1. The number of nitrogens with one attached hydrogen (secondary N) is 1. The summed E-state index contributed by atoms with van der Waals surface area (Å²) in [4.78, 5) is 23.7. The van der Waals surface area contributed by atoms with Crippen molar-refractivity contribution in [2.45, 2.75) is 26.8 Å². The zero-order valence-electron chi connectivity index (χ0n) is 13.0. The van der Waals surface area contributed by atoms with Gasteiger partial charge < -0.3 is 10.1 Å². The van der Waals surface area contributed by atoms with E-state index >= 15 is 0 Å². The molecular formula is C15H18N4O3. The topological polar surface area (TPSA) is 86.1 Å². The van der Waals surface area contributed by atoms with Gasteiger partial charge in [0.15, 0.2) is 11.5 Å². The summed E-state index contributed by atoms with van der Waals surface area (Å²) < 4.78 is 6.50. The summed E-state index contributed by atoms with van der Waals surface area (Å²) in [5.41, 5.74) is 1.51. The number of nitrogens with zero attached hydrogens (tertiary/aromatic N) is 3. The fourth-order valence-corrected chi connectivity index (χ4v) is 2.07. The number of hydrogen-bond donors (Lipinski definition) is 1. The van der Waals surface area contributed by atoms with Crippen molar-refractivity contribution in [1.82, 2.24) is 15.0 Å². The molecule has 1 heterocycles. The Morgan fingerprint density at radius 2 is 1.91 bits per heavy atom. The monoisotopic (exact) mass is 302 g/mol. The molecule has 0 saturated carbocycles. The van der Waals surface area contributed by atoms with E-state index in [1.54, 1.807) is 45.2 Å². The first-order chi connectivity index (χ1) is 10.4. The van der Waals surface area contributed by atoms with Crippen LogP contribution in [0.3, 0.4) is 0 Å². The molecule has 0 aliphatic carbocycles. The van der Waals surface area contributed by atoms with E-state index in [4.69, 9.17) is 4.74 Å². The smallest absolute Gasteiger partial charge is 0.249 e. The molecule has 0 aliphatic heterocycles. The maximum atomic E-state index is 12.3. The largest absolute Gasteiger partial charge is 0.497 e. The lowest BCUT2D eigenvalue weighted by Crippen LogP contribution is -2.25. The van der Waals surface area contributed by atoms with Crippen LogP contribution in [0.5, 0.6) is 5.75 Å². The molecule has 7 heteroatoms. The fourth-order valence-electron chi connectivity index (χ4n) is 2.07. The highest BCUT2D eigenvalue weighted by atomic mass is 16.5. The lowest BCUT2D eigenvalue weighted by atomic mass is 10.2. The summed E-state index contributed by atoms with van der Waals surface area (Å²) in [5, 5.41) is 10.5. The standard InChI is InChI=1S/C15H18N4O3/c1-9-14(11(3)20)17-18-19(9)10(2)15(21)16-12-5-7-13(22-4)8-6-12/h5-8,10H,1-4H3,(H,16,21). The number of aromatic nitrogens is 3. The Hall–Kier alpha value is -2.70. The van der Waals surface area contributed by atoms with E-state index in [-0.39, 0.29) is 17.4 Å². The third-order valence-electron chi connectivity index (χ3n) is 3.36. The molecule has 2 aromatic rings. The highest BCUT2D eigenvalue weighted by Gasteiger charge is 2.21. The van der Waals surface area contributed by atoms with Crippen LogP contribution in [0.15, 0.2) is 24.3 Å². The molecule has 1 amide bonds. The van der Waals surface area contributed by atoms with E-state index in [1.165, 1.54) is 11.6 Å². The minimum atomic E-state index is -0.581. The number of carbonyl (C=O) groups is 2. The van der Waals surface area contributed by atoms with E-state index in [9.17, 15) is 9.59 Å². The molecular weight excluding hydrogens is 284 g/mol. The first kappa shape index (κ1) is 15.7. The minimum absolute atomic E-state index is 0.175. The van der Waals surface area contributed by atoms with Gasteiger partial charge >= 0.3 is 0 Å². The summed E-state index contributed by atoms with van der Waals surface area (Å²) in [6, 6.07) is 6.43. The summed E-state index contributed by atoms with van der Waals surface area (Å²) >= 11 is 0. The van der Waals surface area contributed by atoms with Crippen molar-refractivity contribution in [3.05, 3.63) is 35.7 Å². The van der Waals surface area contributed by atoms with Crippen molar-refractivity contribution in [2.75, 3.05) is 12.4 Å². The first-order valence-corrected chi connectivity index (χ1v) is 6.81. The van der Waals surface area contributed by atoms with E-state index in [0.717, 1.165) is 0 Å². The van der Waals surface area contributed by atoms with E-state index < -0.39 is 6.04 Å². The highest BCUT2D eigenvalue weighted by molar-refractivity contribution is 5.95. The molecule has 1 unspecified atom stereocenters. The second-order valence-corrected chi connectivity index (χ2v) is 4.92. The quantitative estimate of drug-likeness (QED) is 0.854. The zero-order valence-corrected chi connectivity index (χ0v) is 13.0. The van der Waals surface area contributed by atoms with Crippen LogP contribution in [0.1, 0.15) is 36.1 Å². The highest BCUT2D eigenvalue weighted by Crippen LogP contribution is 2.17. The molecule has 22 heavy (non-hydrogen) atoms. The predicted molar refractivity (Wildman–Crippen MR) is 81.1 cm³/mol. The van der Waals surface area contributed by atoms with Gasteiger partial charge in [-0.3, -0.25) is 9.59 Å². The van der Waals surface area contributed by atoms with Crippen molar-refractivity contribution in [2.24, 2.45) is 0 Å². The molecule has 0 aliphatic rings. The summed E-state index contributed by atoms with van der Waals surface area (Å²) in [7, 11) is 1.58. The van der Waals surface area contributed by atoms with Gasteiger partial charge in [0.25, 0.3) is 0 Å². The summed E-state index contributed by atoms with van der Waals surface area (Å²) in [6.07, 6.45) is 0. The van der Waals surface area contributed by atoms with Crippen molar-refractivity contribution >= 4 is 17.4 Å². The molecule has 0 fully saturated rings. The molecule has 1 aromatic heterocycles. The number of amides is 1. The van der Waals surface area contributed by atoms with Crippen LogP contribution in [0.25, 0.3) is 0 Å². The third-order valence-corrected chi connectivity index (χ3v) is 3.36. The van der Waals surface area contributed by atoms with Crippen LogP contribution in [0.4, 0.5) is 5.69 Å². The van der Waals surface area contributed by atoms with Crippen LogP contribution in [0.2, 0.25) is 0 Å². The van der Waals surface area contributed by atoms with Crippen LogP contribution < -0.4 is 10.1 Å². The average Bonchev–Trinajstić information content (AvgIpc) is 2.89. The Kier molecular flexibility index (Phi) is 4.55. The van der Waals surface area contributed by atoms with Crippen LogP contribution in [0, 0.1) is 6.92 Å². The number of anilines is 1. The number of benzene rings is 1. The Labute approximate surface area is 128 Å². The molecule has 7 nitrogen and oxygen atoms in total. The zero-order chi connectivity index (χ0) is 16.3. The molecule has 1 N–H and O–H groups in total. The summed E-state index contributed by atoms with van der Waals surface area (Å²) in [5.74, 6) is 0.295. The lowest BCUT2D eigenvalue weighted by molar-refractivity contribution is -0.119. The number of carbonyl (C=O) groups excluding carboxylic acids is 2. The fraction of sp³-hybridized carbons (Fsp3) is 0.333. The summed E-state index contributed by atoms with van der Waals surface area (Å²) in [6.45, 7) is 4.84. The third kappa shape index (κ3) is 3.13. The van der Waals surface area contributed by atoms with E-state index in [0.29, 0.717) is 17.1 Å². The molecule has 0 radical (unpaired) electrons. The maximum Gasteiger partial charge on any atom is 0.249 e. The van der Waals surface area contributed by atoms with Gasteiger partial charge in [-0.1, -0.05) is 5.21 Å². The van der Waals surface area contributed by atoms with Gasteiger partial charge in [-0.15, -0.1) is 5.10 Å². The Balaban J connectivity index is 2.13. The predicted octanol–water partition coefficient (Wildman–Crippen LogP) is 2.00. The van der Waals surface area contributed by atoms with Crippen molar-refractivity contribution in [1.29, 1.82) is 0 Å². The number of ketones is 1. The van der Waals surface area contributed by atoms with E-state index in [1.807, 2.05) is 0 Å². The van der Waals surface area contributed by atoms with Crippen LogP contribution in [-0.2, 0) is 4.79 Å². The number of ether oxygens (including phenoxy) is 1. The molecule has 0 spiro atoms. The van der Waals surface area contributed by atoms with Gasteiger partial charge in [0, 0.05) is 12.6 Å². The van der Waals surface area contributed by atoms with Crippen molar-refractivity contribution < 1.29 is 14.3 Å². The molecule has 1 atom stereocenters. The second kappa shape index (κ2) is 6.38. The number of Topliss-reactive ketones (excluding diaryl/α,β-unsaturated/α-hetero) is 1. The minimum Gasteiger partial charge on any atom is -0.497 e. The lowest BCUT2D eigenvalue weighted by Gasteiger charge is -2.14. The molecule has 0 saturated heterocycles. The van der Waals surface area contributed by atoms with Gasteiger partial charge in [-0.2, -0.15) is 0 Å². The van der Waals surface area contributed by atoms with Gasteiger partial charge in [0.1, 0.15) is 11.8 Å². The first-order valence-electron chi connectivity index (χ1n) is 6.81. The van der Waals surface area contributed by atoms with Crippen LogP contribution in [-0.4, -0.2) is 33.8 Å². The molecule has 116 valence electrons. The van der Waals surface area contributed by atoms with Gasteiger partial charge in [-0.25, -0.2) is 4.68 Å². The van der Waals surface area contributed by atoms with Gasteiger partial charge in [0.2, 0.25) is 5.91 Å². The Bertz CT molecular complexity index is 691. The number of methoxy groups -OCH3 is 1. The normalized spacial score (nSPS) is 11.8. The Morgan fingerprint density at radius 1 is 1.27 bits per heavy atom. The second-order valence-electron chi connectivity index (χ2n) is 4.92. The average molecular weight is 302 g/mol. The maximum absolute atomic E-state index is 12.3. The molecule has 0 bridgehead atoms. The molecule has 1 aromatic carbocycles. The van der Waals surface area contributed by atoms with Gasteiger partial charge in [0.05, 0.1) is 12.8 Å². The number of hydrogen-bond acceptors (Lipinski definition) is 5. The molecule has 2 rings (SSSR count).